The highest BCUT2D eigenvalue weighted by Gasteiger charge is 2.11. The molecular weight excluding hydrogens is 322 g/mol. The first-order valence-corrected chi connectivity index (χ1v) is 8.57. The molecule has 2 aromatic carbocycles. The highest BCUT2D eigenvalue weighted by Crippen LogP contribution is 2.27. The van der Waals surface area contributed by atoms with Crippen LogP contribution in [-0.4, -0.2) is 15.3 Å². The van der Waals surface area contributed by atoms with Gasteiger partial charge >= 0.3 is 0 Å². The lowest BCUT2D eigenvalue weighted by Gasteiger charge is -2.09. The molecule has 0 atom stereocenters. The molecule has 1 N–H and O–H groups in total. The van der Waals surface area contributed by atoms with Crippen LogP contribution in [-0.2, 0) is 11.2 Å². The Bertz CT molecular complexity index is 1030. The summed E-state index contributed by atoms with van der Waals surface area (Å²) in [4.78, 5) is 17.1. The monoisotopic (exact) mass is 341 g/mol. The SMILES string of the molecule is Cc1ccc(CC(=O)Nc2ccccc2-c2cn3ccccc3n2)cc1. The fraction of sp³-hybridized carbons (Fsp3) is 0.0909. The van der Waals surface area contributed by atoms with E-state index in [1.165, 1.54) is 5.56 Å². The largest absolute Gasteiger partial charge is 0.325 e. The van der Waals surface area contributed by atoms with Crippen LogP contribution in [0.3, 0.4) is 0 Å². The van der Waals surface area contributed by atoms with Gasteiger partial charge in [0.2, 0.25) is 5.91 Å². The lowest BCUT2D eigenvalue weighted by molar-refractivity contribution is -0.115. The van der Waals surface area contributed by atoms with Crippen molar-refractivity contribution in [2.24, 2.45) is 0 Å². The number of aromatic nitrogens is 2. The molecule has 0 fully saturated rings. The van der Waals surface area contributed by atoms with Crippen molar-refractivity contribution < 1.29 is 4.79 Å². The van der Waals surface area contributed by atoms with E-state index >= 15 is 0 Å². The number of hydrogen-bond acceptors (Lipinski definition) is 2. The van der Waals surface area contributed by atoms with Crippen molar-refractivity contribution >= 4 is 17.2 Å². The van der Waals surface area contributed by atoms with E-state index in [0.29, 0.717) is 6.42 Å². The third-order valence-corrected chi connectivity index (χ3v) is 4.33. The zero-order valence-electron chi connectivity index (χ0n) is 14.5. The molecule has 26 heavy (non-hydrogen) atoms. The zero-order chi connectivity index (χ0) is 17.9. The normalized spacial score (nSPS) is 10.8. The summed E-state index contributed by atoms with van der Waals surface area (Å²) < 4.78 is 1.97. The molecule has 4 heteroatoms. The Morgan fingerprint density at radius 3 is 2.58 bits per heavy atom. The number of nitrogens with one attached hydrogen (secondary N) is 1. The van der Waals surface area contributed by atoms with Gasteiger partial charge in [-0.1, -0.05) is 54.1 Å². The van der Waals surface area contributed by atoms with Crippen LogP contribution in [0.1, 0.15) is 11.1 Å². The summed E-state index contributed by atoms with van der Waals surface area (Å²) in [6, 6.07) is 21.7. The first-order chi connectivity index (χ1) is 12.7. The molecule has 0 bridgehead atoms. The smallest absolute Gasteiger partial charge is 0.228 e. The molecule has 128 valence electrons. The number of benzene rings is 2. The standard InChI is InChI=1S/C22H19N3O/c1-16-9-11-17(12-10-16)14-22(26)24-19-7-3-2-6-18(19)20-15-25-13-5-4-8-21(25)23-20/h2-13,15H,14H2,1H3,(H,24,26). The Kier molecular flexibility index (Phi) is 4.23. The first kappa shape index (κ1) is 16.1. The van der Waals surface area contributed by atoms with Crippen LogP contribution in [0, 0.1) is 6.92 Å². The Morgan fingerprint density at radius 2 is 1.77 bits per heavy atom. The molecule has 0 saturated carbocycles. The van der Waals surface area contributed by atoms with Crippen LogP contribution in [0.5, 0.6) is 0 Å². The number of nitrogens with zero attached hydrogens (tertiary/aromatic N) is 2. The number of aryl methyl sites for hydroxylation is 1. The fourth-order valence-electron chi connectivity index (χ4n) is 2.97. The molecule has 0 aliphatic rings. The maximum absolute atomic E-state index is 12.5. The van der Waals surface area contributed by atoms with Crippen LogP contribution in [0.2, 0.25) is 0 Å². The highest BCUT2D eigenvalue weighted by atomic mass is 16.1. The zero-order valence-corrected chi connectivity index (χ0v) is 14.5. The van der Waals surface area contributed by atoms with E-state index in [-0.39, 0.29) is 5.91 Å². The van der Waals surface area contributed by atoms with Crippen molar-refractivity contribution in [2.45, 2.75) is 13.3 Å². The van der Waals surface area contributed by atoms with Gasteiger partial charge in [0.15, 0.2) is 0 Å². The van der Waals surface area contributed by atoms with Crippen LogP contribution < -0.4 is 5.32 Å². The molecule has 0 aliphatic carbocycles. The Labute approximate surface area is 152 Å². The predicted octanol–water partition coefficient (Wildman–Crippen LogP) is 4.49. The summed E-state index contributed by atoms with van der Waals surface area (Å²) in [7, 11) is 0. The van der Waals surface area contributed by atoms with Gasteiger partial charge in [-0.15, -0.1) is 0 Å². The fourth-order valence-corrected chi connectivity index (χ4v) is 2.97. The summed E-state index contributed by atoms with van der Waals surface area (Å²) in [5.74, 6) is -0.0370. The van der Waals surface area contributed by atoms with E-state index in [2.05, 4.69) is 10.3 Å². The number of imidazole rings is 1. The second-order valence-corrected chi connectivity index (χ2v) is 6.35. The van der Waals surface area contributed by atoms with Gasteiger partial charge in [0.25, 0.3) is 0 Å². The van der Waals surface area contributed by atoms with E-state index in [0.717, 1.165) is 28.2 Å². The molecule has 4 rings (SSSR count). The molecule has 0 radical (unpaired) electrons. The first-order valence-electron chi connectivity index (χ1n) is 8.57. The second kappa shape index (κ2) is 6.84. The summed E-state index contributed by atoms with van der Waals surface area (Å²) in [6.45, 7) is 2.04. The van der Waals surface area contributed by atoms with Crippen molar-refractivity contribution in [3.05, 3.63) is 90.3 Å². The Morgan fingerprint density at radius 1 is 1.00 bits per heavy atom. The third-order valence-electron chi connectivity index (χ3n) is 4.33. The Balaban J connectivity index is 1.59. The quantitative estimate of drug-likeness (QED) is 0.594. The molecule has 0 aliphatic heterocycles. The average molecular weight is 341 g/mol. The van der Waals surface area contributed by atoms with Crippen molar-refractivity contribution in [1.82, 2.24) is 9.38 Å². The highest BCUT2D eigenvalue weighted by molar-refractivity contribution is 5.96. The molecule has 2 aromatic heterocycles. The van der Waals surface area contributed by atoms with E-state index in [1.807, 2.05) is 90.4 Å². The summed E-state index contributed by atoms with van der Waals surface area (Å²) in [6.07, 6.45) is 4.28. The number of anilines is 1. The van der Waals surface area contributed by atoms with Gasteiger partial charge in [-0.05, 0) is 30.7 Å². The molecule has 4 nitrogen and oxygen atoms in total. The molecule has 0 saturated heterocycles. The lowest BCUT2D eigenvalue weighted by Crippen LogP contribution is -2.15. The minimum atomic E-state index is -0.0370. The number of fused-ring (bicyclic) bond motifs is 1. The lowest BCUT2D eigenvalue weighted by atomic mass is 10.1. The van der Waals surface area contributed by atoms with Crippen molar-refractivity contribution in [1.29, 1.82) is 0 Å². The topological polar surface area (TPSA) is 46.4 Å². The molecule has 0 spiro atoms. The molecular formula is C22H19N3O. The minimum Gasteiger partial charge on any atom is -0.325 e. The molecule has 1 amide bonds. The van der Waals surface area contributed by atoms with Crippen molar-refractivity contribution in [2.75, 3.05) is 5.32 Å². The van der Waals surface area contributed by atoms with Crippen LogP contribution in [0.4, 0.5) is 5.69 Å². The number of amides is 1. The van der Waals surface area contributed by atoms with E-state index in [9.17, 15) is 4.79 Å². The average Bonchev–Trinajstić information content (AvgIpc) is 3.08. The Hall–Kier alpha value is -3.40. The van der Waals surface area contributed by atoms with Crippen LogP contribution >= 0.6 is 0 Å². The van der Waals surface area contributed by atoms with Gasteiger partial charge < -0.3 is 9.72 Å². The summed E-state index contributed by atoms with van der Waals surface area (Å²) in [5.41, 5.74) is 5.58. The molecule has 2 heterocycles. The maximum atomic E-state index is 12.5. The van der Waals surface area contributed by atoms with Crippen molar-refractivity contribution in [3.8, 4) is 11.3 Å². The molecule has 4 aromatic rings. The molecule has 0 unspecified atom stereocenters. The van der Waals surface area contributed by atoms with Gasteiger partial charge in [0.05, 0.1) is 17.8 Å². The van der Waals surface area contributed by atoms with Crippen molar-refractivity contribution in [3.63, 3.8) is 0 Å². The number of carbonyl (C=O) groups is 1. The number of hydrogen-bond donors (Lipinski definition) is 1. The van der Waals surface area contributed by atoms with Gasteiger partial charge in [-0.2, -0.15) is 0 Å². The number of para-hydroxylation sites is 1. The van der Waals surface area contributed by atoms with E-state index in [4.69, 9.17) is 0 Å². The minimum absolute atomic E-state index is 0.0370. The van der Waals surface area contributed by atoms with Gasteiger partial charge in [-0.3, -0.25) is 4.79 Å². The number of pyridine rings is 1. The van der Waals surface area contributed by atoms with Gasteiger partial charge in [0, 0.05) is 18.0 Å². The van der Waals surface area contributed by atoms with Crippen LogP contribution in [0.25, 0.3) is 16.9 Å². The van der Waals surface area contributed by atoms with Crippen LogP contribution in [0.15, 0.2) is 79.1 Å². The second-order valence-electron chi connectivity index (χ2n) is 6.35. The van der Waals surface area contributed by atoms with Gasteiger partial charge in [-0.25, -0.2) is 4.98 Å². The summed E-state index contributed by atoms with van der Waals surface area (Å²) in [5, 5.41) is 3.03. The van der Waals surface area contributed by atoms with Gasteiger partial charge in [0.1, 0.15) is 5.65 Å². The summed E-state index contributed by atoms with van der Waals surface area (Å²) >= 11 is 0. The number of rotatable bonds is 4. The van der Waals surface area contributed by atoms with E-state index < -0.39 is 0 Å². The number of carbonyl (C=O) groups excluding carboxylic acids is 1. The predicted molar refractivity (Wildman–Crippen MR) is 104 cm³/mol. The van der Waals surface area contributed by atoms with E-state index in [1.54, 1.807) is 0 Å². The maximum Gasteiger partial charge on any atom is 0.228 e. The third kappa shape index (κ3) is 3.35.